The summed E-state index contributed by atoms with van der Waals surface area (Å²) >= 11 is 0. The summed E-state index contributed by atoms with van der Waals surface area (Å²) < 4.78 is 10.0. The van der Waals surface area contributed by atoms with Crippen molar-refractivity contribution >= 4 is 12.0 Å². The molecule has 0 aromatic rings. The molecule has 2 amide bonds. The Balaban J connectivity index is 4.89. The minimum atomic E-state index is -1.28. The number of methoxy groups -OCH3 is 2. The van der Waals surface area contributed by atoms with E-state index >= 15 is 0 Å². The summed E-state index contributed by atoms with van der Waals surface area (Å²) in [6, 6.07) is -0.608. The molecule has 0 radical (unpaired) electrons. The van der Waals surface area contributed by atoms with Crippen LogP contribution in [0.25, 0.3) is 0 Å². The number of carbonyl (C=O) groups is 2. The summed E-state index contributed by atoms with van der Waals surface area (Å²) in [5, 5.41) is 11.8. The first kappa shape index (κ1) is 18.7. The van der Waals surface area contributed by atoms with Crippen LogP contribution in [0, 0.1) is 0 Å². The zero-order valence-corrected chi connectivity index (χ0v) is 12.9. The number of amides is 2. The first-order chi connectivity index (χ1) is 9.32. The van der Waals surface area contributed by atoms with Gasteiger partial charge in [-0.15, -0.1) is 0 Å². The maximum absolute atomic E-state index is 12.3. The van der Waals surface area contributed by atoms with Gasteiger partial charge in [-0.1, -0.05) is 6.92 Å². The lowest BCUT2D eigenvalue weighted by Gasteiger charge is -2.33. The quantitative estimate of drug-likeness (QED) is 0.659. The molecule has 0 aromatic carbocycles. The zero-order chi connectivity index (χ0) is 15.8. The van der Waals surface area contributed by atoms with Gasteiger partial charge in [-0.3, -0.25) is 0 Å². The summed E-state index contributed by atoms with van der Waals surface area (Å²) in [5.74, 6) is -1.06. The Hall–Kier alpha value is -1.34. The molecule has 0 aromatic heterocycles. The zero-order valence-electron chi connectivity index (χ0n) is 12.9. The van der Waals surface area contributed by atoms with E-state index in [1.807, 2.05) is 6.92 Å². The van der Waals surface area contributed by atoms with Crippen molar-refractivity contribution in [2.24, 2.45) is 0 Å². The third-order valence-electron chi connectivity index (χ3n) is 3.30. The van der Waals surface area contributed by atoms with Crippen molar-refractivity contribution < 1.29 is 24.2 Å². The van der Waals surface area contributed by atoms with Gasteiger partial charge in [-0.2, -0.15) is 0 Å². The number of aliphatic carboxylic acids is 1. The summed E-state index contributed by atoms with van der Waals surface area (Å²) in [7, 11) is 3.10. The molecular weight excluding hydrogens is 264 g/mol. The second kappa shape index (κ2) is 8.76. The Morgan fingerprint density at radius 2 is 1.95 bits per heavy atom. The Morgan fingerprint density at radius 1 is 1.35 bits per heavy atom. The van der Waals surface area contributed by atoms with Crippen LogP contribution >= 0.6 is 0 Å². The van der Waals surface area contributed by atoms with E-state index in [9.17, 15) is 14.7 Å². The van der Waals surface area contributed by atoms with E-state index in [1.54, 1.807) is 21.1 Å². The average molecular weight is 290 g/mol. The standard InChI is InChI=1S/C13H26N2O5/c1-6-13(3,11(16)17)14-12(18)15(7-8-19-4)10(2)9-20-5/h10H,6-9H2,1-5H3,(H,14,18)(H,16,17). The molecule has 2 unspecified atom stereocenters. The first-order valence-electron chi connectivity index (χ1n) is 6.62. The minimum absolute atomic E-state index is 0.176. The maximum Gasteiger partial charge on any atom is 0.329 e. The highest BCUT2D eigenvalue weighted by atomic mass is 16.5. The van der Waals surface area contributed by atoms with E-state index in [0.29, 0.717) is 26.2 Å². The molecule has 0 heterocycles. The number of nitrogens with zero attached hydrogens (tertiary/aromatic N) is 1. The van der Waals surface area contributed by atoms with E-state index in [4.69, 9.17) is 9.47 Å². The van der Waals surface area contributed by atoms with Gasteiger partial charge in [-0.05, 0) is 20.3 Å². The van der Waals surface area contributed by atoms with Gasteiger partial charge in [0.25, 0.3) is 0 Å². The molecule has 118 valence electrons. The van der Waals surface area contributed by atoms with Crippen LogP contribution in [0.3, 0.4) is 0 Å². The van der Waals surface area contributed by atoms with Crippen LogP contribution in [0.5, 0.6) is 0 Å². The number of carbonyl (C=O) groups excluding carboxylic acids is 1. The topological polar surface area (TPSA) is 88.1 Å². The van der Waals surface area contributed by atoms with Crippen molar-refractivity contribution in [1.29, 1.82) is 0 Å². The lowest BCUT2D eigenvalue weighted by Crippen LogP contribution is -2.58. The van der Waals surface area contributed by atoms with Crippen LogP contribution in [0.15, 0.2) is 0 Å². The molecule has 0 aliphatic rings. The fraction of sp³-hybridized carbons (Fsp3) is 0.846. The predicted molar refractivity (Wildman–Crippen MR) is 74.8 cm³/mol. The molecule has 0 spiro atoms. The molecule has 0 aliphatic heterocycles. The Morgan fingerprint density at radius 3 is 2.35 bits per heavy atom. The third-order valence-corrected chi connectivity index (χ3v) is 3.30. The smallest absolute Gasteiger partial charge is 0.329 e. The maximum atomic E-state index is 12.3. The van der Waals surface area contributed by atoms with Crippen molar-refractivity contribution in [3.8, 4) is 0 Å². The van der Waals surface area contributed by atoms with Crippen LogP contribution in [0.4, 0.5) is 4.79 Å². The molecule has 0 saturated heterocycles. The van der Waals surface area contributed by atoms with Crippen molar-refractivity contribution in [2.45, 2.75) is 38.8 Å². The number of carboxylic acids is 1. The highest BCUT2D eigenvalue weighted by molar-refractivity contribution is 5.86. The van der Waals surface area contributed by atoms with Crippen LogP contribution in [-0.4, -0.2) is 67.6 Å². The Bertz CT molecular complexity index is 324. The van der Waals surface area contributed by atoms with Gasteiger partial charge in [0.1, 0.15) is 5.54 Å². The molecule has 7 nitrogen and oxygen atoms in total. The van der Waals surface area contributed by atoms with Gasteiger partial charge >= 0.3 is 12.0 Å². The number of rotatable bonds is 9. The van der Waals surface area contributed by atoms with E-state index in [-0.39, 0.29) is 6.04 Å². The number of carboxylic acid groups (broad SMARTS) is 1. The molecule has 2 atom stereocenters. The molecular formula is C13H26N2O5. The molecule has 2 N–H and O–H groups in total. The SMILES string of the molecule is CCC(C)(NC(=O)N(CCOC)C(C)COC)C(=O)O. The predicted octanol–water partition coefficient (Wildman–Crippen LogP) is 0.933. The molecule has 0 fully saturated rings. The van der Waals surface area contributed by atoms with Crippen LogP contribution < -0.4 is 5.32 Å². The molecule has 20 heavy (non-hydrogen) atoms. The van der Waals surface area contributed by atoms with Crippen LogP contribution in [0.2, 0.25) is 0 Å². The summed E-state index contributed by atoms with van der Waals surface area (Å²) in [6.07, 6.45) is 0.296. The highest BCUT2D eigenvalue weighted by Crippen LogP contribution is 2.11. The van der Waals surface area contributed by atoms with E-state index in [2.05, 4.69) is 5.32 Å². The normalized spacial score (nSPS) is 15.2. The van der Waals surface area contributed by atoms with Gasteiger partial charge < -0.3 is 24.8 Å². The molecule has 0 saturated carbocycles. The van der Waals surface area contributed by atoms with Crippen molar-refractivity contribution in [1.82, 2.24) is 10.2 Å². The molecule has 0 rings (SSSR count). The lowest BCUT2D eigenvalue weighted by atomic mass is 9.99. The number of ether oxygens (including phenoxy) is 2. The summed E-state index contributed by atoms with van der Waals surface area (Å²) in [6.45, 7) is 6.15. The van der Waals surface area contributed by atoms with Crippen molar-refractivity contribution in [3.63, 3.8) is 0 Å². The van der Waals surface area contributed by atoms with E-state index < -0.39 is 17.5 Å². The highest BCUT2D eigenvalue weighted by Gasteiger charge is 2.35. The number of urea groups is 1. The van der Waals surface area contributed by atoms with Crippen LogP contribution in [0.1, 0.15) is 27.2 Å². The minimum Gasteiger partial charge on any atom is -0.480 e. The second-order valence-electron chi connectivity index (χ2n) is 4.91. The molecule has 0 bridgehead atoms. The van der Waals surface area contributed by atoms with E-state index in [1.165, 1.54) is 11.8 Å². The van der Waals surface area contributed by atoms with Gasteiger partial charge in [0.05, 0.1) is 19.3 Å². The van der Waals surface area contributed by atoms with Crippen LogP contribution in [-0.2, 0) is 14.3 Å². The lowest BCUT2D eigenvalue weighted by molar-refractivity contribution is -0.143. The average Bonchev–Trinajstić information content (AvgIpc) is 2.39. The van der Waals surface area contributed by atoms with Gasteiger partial charge in [0, 0.05) is 20.8 Å². The monoisotopic (exact) mass is 290 g/mol. The third kappa shape index (κ3) is 5.34. The Labute approximate surface area is 120 Å². The summed E-state index contributed by atoms with van der Waals surface area (Å²) in [5.41, 5.74) is -1.28. The Kier molecular flexibility index (Phi) is 8.17. The second-order valence-corrected chi connectivity index (χ2v) is 4.91. The van der Waals surface area contributed by atoms with Gasteiger partial charge in [0.2, 0.25) is 0 Å². The molecule has 7 heteroatoms. The number of nitrogens with one attached hydrogen (secondary N) is 1. The fourth-order valence-corrected chi connectivity index (χ4v) is 1.64. The number of hydrogen-bond acceptors (Lipinski definition) is 4. The van der Waals surface area contributed by atoms with E-state index in [0.717, 1.165) is 0 Å². The summed E-state index contributed by atoms with van der Waals surface area (Å²) in [4.78, 5) is 25.0. The van der Waals surface area contributed by atoms with Gasteiger partial charge in [-0.25, -0.2) is 9.59 Å². The fourth-order valence-electron chi connectivity index (χ4n) is 1.64. The first-order valence-corrected chi connectivity index (χ1v) is 6.62. The van der Waals surface area contributed by atoms with Crippen molar-refractivity contribution in [2.75, 3.05) is 34.0 Å². The largest absolute Gasteiger partial charge is 0.480 e. The number of hydrogen-bond donors (Lipinski definition) is 2. The van der Waals surface area contributed by atoms with Gasteiger partial charge in [0.15, 0.2) is 0 Å². The molecule has 0 aliphatic carbocycles. The van der Waals surface area contributed by atoms with Crippen molar-refractivity contribution in [3.05, 3.63) is 0 Å².